The van der Waals surface area contributed by atoms with Gasteiger partial charge in [-0.15, -0.1) is 0 Å². The van der Waals surface area contributed by atoms with Gasteiger partial charge in [-0.3, -0.25) is 0 Å². The van der Waals surface area contributed by atoms with Gasteiger partial charge in [0, 0.05) is 25.0 Å². The molecule has 0 aliphatic carbocycles. The standard InChI is InChI=1S/C16H19N3O/c1-2-8-20-15-4-3-7-18-16(15)19-10-12-5-6-14(17)9-13(12)11-19/h3-7,9H,2,8,10-11,17H2,1H3. The van der Waals surface area contributed by atoms with E-state index in [0.717, 1.165) is 36.8 Å². The second-order valence-corrected chi connectivity index (χ2v) is 5.06. The van der Waals surface area contributed by atoms with Gasteiger partial charge in [0.2, 0.25) is 0 Å². The molecule has 4 nitrogen and oxygen atoms in total. The van der Waals surface area contributed by atoms with Crippen LogP contribution in [0.4, 0.5) is 11.5 Å². The first-order chi connectivity index (χ1) is 9.78. The number of nitrogens with zero attached hydrogens (tertiary/aromatic N) is 2. The Kier molecular flexibility index (Phi) is 3.46. The van der Waals surface area contributed by atoms with E-state index in [0.29, 0.717) is 6.61 Å². The first kappa shape index (κ1) is 12.8. The molecule has 0 spiro atoms. The molecule has 1 aromatic heterocycles. The molecule has 0 amide bonds. The van der Waals surface area contributed by atoms with Crippen molar-refractivity contribution in [3.05, 3.63) is 47.7 Å². The van der Waals surface area contributed by atoms with Crippen molar-refractivity contribution in [1.82, 2.24) is 4.98 Å². The molecule has 3 rings (SSSR count). The van der Waals surface area contributed by atoms with Gasteiger partial charge in [-0.25, -0.2) is 4.98 Å². The lowest BCUT2D eigenvalue weighted by Gasteiger charge is -2.19. The summed E-state index contributed by atoms with van der Waals surface area (Å²) in [5.41, 5.74) is 9.25. The zero-order chi connectivity index (χ0) is 13.9. The molecule has 20 heavy (non-hydrogen) atoms. The molecular weight excluding hydrogens is 250 g/mol. The zero-order valence-corrected chi connectivity index (χ0v) is 11.7. The number of hydrogen-bond donors (Lipinski definition) is 1. The van der Waals surface area contributed by atoms with Crippen LogP contribution in [0, 0.1) is 0 Å². The number of nitrogens with two attached hydrogens (primary N) is 1. The molecule has 0 saturated heterocycles. The smallest absolute Gasteiger partial charge is 0.171 e. The fourth-order valence-electron chi connectivity index (χ4n) is 2.51. The molecule has 4 heteroatoms. The van der Waals surface area contributed by atoms with Crippen molar-refractivity contribution in [2.45, 2.75) is 26.4 Å². The number of nitrogen functional groups attached to an aromatic ring is 1. The van der Waals surface area contributed by atoms with Crippen LogP contribution in [0.2, 0.25) is 0 Å². The number of ether oxygens (including phenoxy) is 1. The summed E-state index contributed by atoms with van der Waals surface area (Å²) < 4.78 is 5.79. The Labute approximate surface area is 119 Å². The maximum atomic E-state index is 5.85. The van der Waals surface area contributed by atoms with Crippen molar-refractivity contribution >= 4 is 11.5 Å². The predicted octanol–water partition coefficient (Wildman–Crippen LogP) is 2.97. The molecule has 0 atom stereocenters. The Morgan fingerprint density at radius 1 is 1.25 bits per heavy atom. The highest BCUT2D eigenvalue weighted by molar-refractivity contribution is 5.57. The van der Waals surface area contributed by atoms with Crippen molar-refractivity contribution in [1.29, 1.82) is 0 Å². The summed E-state index contributed by atoms with van der Waals surface area (Å²) in [6.07, 6.45) is 2.80. The third kappa shape index (κ3) is 2.41. The molecule has 0 unspecified atom stereocenters. The van der Waals surface area contributed by atoms with E-state index in [-0.39, 0.29) is 0 Å². The first-order valence-electron chi connectivity index (χ1n) is 6.98. The Morgan fingerprint density at radius 2 is 2.10 bits per heavy atom. The Morgan fingerprint density at radius 3 is 2.95 bits per heavy atom. The zero-order valence-electron chi connectivity index (χ0n) is 11.7. The van der Waals surface area contributed by atoms with Gasteiger partial charge in [0.1, 0.15) is 0 Å². The average Bonchev–Trinajstić information content (AvgIpc) is 2.88. The van der Waals surface area contributed by atoms with Gasteiger partial charge in [-0.2, -0.15) is 0 Å². The van der Waals surface area contributed by atoms with E-state index in [1.807, 2.05) is 30.5 Å². The summed E-state index contributed by atoms with van der Waals surface area (Å²) in [6.45, 7) is 4.51. The van der Waals surface area contributed by atoms with Crippen LogP contribution >= 0.6 is 0 Å². The number of aromatic nitrogens is 1. The van der Waals surface area contributed by atoms with E-state index in [1.165, 1.54) is 11.1 Å². The summed E-state index contributed by atoms with van der Waals surface area (Å²) in [6, 6.07) is 9.99. The second kappa shape index (κ2) is 5.41. The lowest BCUT2D eigenvalue weighted by molar-refractivity contribution is 0.316. The molecule has 104 valence electrons. The molecule has 2 aromatic rings. The van der Waals surface area contributed by atoms with Crippen LogP contribution in [-0.4, -0.2) is 11.6 Å². The normalized spacial score (nSPS) is 13.3. The monoisotopic (exact) mass is 269 g/mol. The maximum Gasteiger partial charge on any atom is 0.171 e. The first-order valence-corrected chi connectivity index (χ1v) is 6.98. The van der Waals surface area contributed by atoms with Crippen LogP contribution in [0.25, 0.3) is 0 Å². The van der Waals surface area contributed by atoms with Gasteiger partial charge in [-0.1, -0.05) is 13.0 Å². The van der Waals surface area contributed by atoms with Crippen LogP contribution in [0.3, 0.4) is 0 Å². The molecule has 0 bridgehead atoms. The second-order valence-electron chi connectivity index (χ2n) is 5.06. The van der Waals surface area contributed by atoms with Crippen molar-refractivity contribution in [2.75, 3.05) is 17.2 Å². The summed E-state index contributed by atoms with van der Waals surface area (Å²) in [5.74, 6) is 1.77. The number of hydrogen-bond acceptors (Lipinski definition) is 4. The summed E-state index contributed by atoms with van der Waals surface area (Å²) >= 11 is 0. The van der Waals surface area contributed by atoms with Gasteiger partial charge in [0.25, 0.3) is 0 Å². The van der Waals surface area contributed by atoms with Crippen molar-refractivity contribution < 1.29 is 4.74 Å². The SMILES string of the molecule is CCCOc1cccnc1N1Cc2ccc(N)cc2C1. The highest BCUT2D eigenvalue weighted by atomic mass is 16.5. The van der Waals surface area contributed by atoms with Gasteiger partial charge >= 0.3 is 0 Å². The topological polar surface area (TPSA) is 51.4 Å². The fraction of sp³-hybridized carbons (Fsp3) is 0.312. The van der Waals surface area contributed by atoms with Crippen LogP contribution in [0.15, 0.2) is 36.5 Å². The minimum absolute atomic E-state index is 0.715. The molecule has 2 N–H and O–H groups in total. The van der Waals surface area contributed by atoms with Crippen molar-refractivity contribution in [2.24, 2.45) is 0 Å². The highest BCUT2D eigenvalue weighted by Gasteiger charge is 2.22. The largest absolute Gasteiger partial charge is 0.490 e. The highest BCUT2D eigenvalue weighted by Crippen LogP contribution is 2.33. The third-order valence-corrected chi connectivity index (χ3v) is 3.46. The van der Waals surface area contributed by atoms with E-state index in [2.05, 4.69) is 22.9 Å². The predicted molar refractivity (Wildman–Crippen MR) is 80.8 cm³/mol. The van der Waals surface area contributed by atoms with Crippen LogP contribution in [0.5, 0.6) is 5.75 Å². The lowest BCUT2D eigenvalue weighted by Crippen LogP contribution is -2.17. The van der Waals surface area contributed by atoms with Gasteiger partial charge in [-0.05, 0) is 41.8 Å². The van der Waals surface area contributed by atoms with Gasteiger partial charge < -0.3 is 15.4 Å². The van der Waals surface area contributed by atoms with E-state index < -0.39 is 0 Å². The van der Waals surface area contributed by atoms with Crippen molar-refractivity contribution in [3.63, 3.8) is 0 Å². The van der Waals surface area contributed by atoms with E-state index in [4.69, 9.17) is 10.5 Å². The molecule has 0 radical (unpaired) electrons. The Bertz CT molecular complexity index is 612. The summed E-state index contributed by atoms with van der Waals surface area (Å²) in [4.78, 5) is 6.72. The summed E-state index contributed by atoms with van der Waals surface area (Å²) in [7, 11) is 0. The van der Waals surface area contributed by atoms with E-state index in [9.17, 15) is 0 Å². The average molecular weight is 269 g/mol. The number of rotatable bonds is 4. The van der Waals surface area contributed by atoms with E-state index >= 15 is 0 Å². The lowest BCUT2D eigenvalue weighted by atomic mass is 10.1. The van der Waals surface area contributed by atoms with Crippen LogP contribution in [0.1, 0.15) is 24.5 Å². The molecular formula is C16H19N3O. The Hall–Kier alpha value is -2.23. The van der Waals surface area contributed by atoms with Gasteiger partial charge in [0.05, 0.1) is 6.61 Å². The molecule has 1 aliphatic heterocycles. The molecule has 1 aliphatic rings. The molecule has 2 heterocycles. The quantitative estimate of drug-likeness (QED) is 0.867. The minimum Gasteiger partial charge on any atom is -0.490 e. The molecule has 0 fully saturated rings. The number of fused-ring (bicyclic) bond motifs is 1. The Balaban J connectivity index is 1.85. The van der Waals surface area contributed by atoms with Crippen LogP contribution in [-0.2, 0) is 13.1 Å². The van der Waals surface area contributed by atoms with Crippen LogP contribution < -0.4 is 15.4 Å². The molecule has 1 aromatic carbocycles. The molecule has 0 saturated carbocycles. The van der Waals surface area contributed by atoms with Gasteiger partial charge in [0.15, 0.2) is 11.6 Å². The number of anilines is 2. The van der Waals surface area contributed by atoms with E-state index in [1.54, 1.807) is 0 Å². The maximum absolute atomic E-state index is 5.85. The van der Waals surface area contributed by atoms with Crippen molar-refractivity contribution in [3.8, 4) is 5.75 Å². The summed E-state index contributed by atoms with van der Waals surface area (Å²) in [5, 5.41) is 0. The minimum atomic E-state index is 0.715. The number of pyridine rings is 1. The number of benzene rings is 1. The third-order valence-electron chi connectivity index (χ3n) is 3.46. The fourth-order valence-corrected chi connectivity index (χ4v) is 2.51.